The van der Waals surface area contributed by atoms with Crippen molar-refractivity contribution in [3.8, 4) is 0 Å². The fourth-order valence-electron chi connectivity index (χ4n) is 3.37. The first-order valence-corrected chi connectivity index (χ1v) is 8.63. The van der Waals surface area contributed by atoms with Gasteiger partial charge in [-0.05, 0) is 44.1 Å². The average Bonchev–Trinajstić information content (AvgIpc) is 3.15. The third-order valence-electron chi connectivity index (χ3n) is 4.65. The molecule has 144 valence electrons. The molecule has 2 amide bonds. The Kier molecular flexibility index (Phi) is 5.50. The number of hydrogen-bond acceptors (Lipinski definition) is 4. The predicted molar refractivity (Wildman–Crippen MR) is 94.9 cm³/mol. The van der Waals surface area contributed by atoms with E-state index in [-0.39, 0.29) is 18.1 Å². The summed E-state index contributed by atoms with van der Waals surface area (Å²) in [7, 11) is 1.53. The zero-order valence-electron chi connectivity index (χ0n) is 14.9. The number of anilines is 1. The third kappa shape index (κ3) is 4.13. The van der Waals surface area contributed by atoms with E-state index in [1.165, 1.54) is 11.9 Å². The van der Waals surface area contributed by atoms with Gasteiger partial charge in [0.15, 0.2) is 0 Å². The topological polar surface area (TPSA) is 79.3 Å². The predicted octanol–water partition coefficient (Wildman–Crippen LogP) is 1.34. The number of benzene rings is 1. The lowest BCUT2D eigenvalue weighted by Gasteiger charge is -2.39. The number of carbonyl (C=O) groups excluding carboxylic acids is 2. The molecule has 1 fully saturated rings. The molecule has 0 aliphatic carbocycles. The Morgan fingerprint density at radius 1 is 1.26 bits per heavy atom. The molecule has 1 saturated heterocycles. The summed E-state index contributed by atoms with van der Waals surface area (Å²) in [5.74, 6) is -2.35. The summed E-state index contributed by atoms with van der Waals surface area (Å²) < 4.78 is 28.1. The maximum absolute atomic E-state index is 13.2. The second kappa shape index (κ2) is 7.83. The second-order valence-corrected chi connectivity index (χ2v) is 6.60. The van der Waals surface area contributed by atoms with Gasteiger partial charge in [0.2, 0.25) is 5.91 Å². The summed E-state index contributed by atoms with van der Waals surface area (Å²) in [5, 5.41) is 9.87. The zero-order chi connectivity index (χ0) is 19.4. The Labute approximate surface area is 155 Å². The minimum absolute atomic E-state index is 0.00186. The normalized spacial score (nSPS) is 16.0. The fraction of sp³-hybridized carbons (Fsp3) is 0.389. The van der Waals surface area contributed by atoms with E-state index in [1.807, 2.05) is 0 Å². The standard InChI is InChI=1S/C18H21F2N5O2/c1-24(12-16(26)23-15-10-13(19)9-14(20)11-15)17(27)18(3-6-21-7-4-18)25-8-2-5-22-25/h2,5,8-11,21H,3-4,6-7,12H2,1H3,(H,23,26). The van der Waals surface area contributed by atoms with Crippen LogP contribution in [-0.2, 0) is 15.1 Å². The molecule has 1 aliphatic heterocycles. The van der Waals surface area contributed by atoms with Crippen LogP contribution in [0.1, 0.15) is 12.8 Å². The lowest BCUT2D eigenvalue weighted by molar-refractivity contribution is -0.143. The maximum Gasteiger partial charge on any atom is 0.250 e. The molecular weight excluding hydrogens is 356 g/mol. The van der Waals surface area contributed by atoms with E-state index >= 15 is 0 Å². The summed E-state index contributed by atoms with van der Waals surface area (Å²) in [5.41, 5.74) is -0.851. The van der Waals surface area contributed by atoms with Gasteiger partial charge >= 0.3 is 0 Å². The van der Waals surface area contributed by atoms with Crippen LogP contribution in [0.2, 0.25) is 0 Å². The molecule has 0 saturated carbocycles. The van der Waals surface area contributed by atoms with E-state index in [4.69, 9.17) is 0 Å². The third-order valence-corrected chi connectivity index (χ3v) is 4.65. The molecule has 0 spiro atoms. The molecule has 7 nitrogen and oxygen atoms in total. The molecule has 27 heavy (non-hydrogen) atoms. The Morgan fingerprint density at radius 2 is 1.93 bits per heavy atom. The molecular formula is C18H21F2N5O2. The van der Waals surface area contributed by atoms with Crippen molar-refractivity contribution >= 4 is 17.5 Å². The van der Waals surface area contributed by atoms with E-state index in [0.717, 1.165) is 18.2 Å². The van der Waals surface area contributed by atoms with Crippen LogP contribution in [0.15, 0.2) is 36.7 Å². The number of nitrogens with one attached hydrogen (secondary N) is 2. The summed E-state index contributed by atoms with van der Waals surface area (Å²) in [6.07, 6.45) is 4.46. The summed E-state index contributed by atoms with van der Waals surface area (Å²) in [4.78, 5) is 26.7. The van der Waals surface area contributed by atoms with Gasteiger partial charge in [0.05, 0.1) is 6.54 Å². The first kappa shape index (κ1) is 19.0. The number of rotatable bonds is 5. The summed E-state index contributed by atoms with van der Waals surface area (Å²) >= 11 is 0. The van der Waals surface area contributed by atoms with Crippen molar-refractivity contribution in [2.75, 3.05) is 32.0 Å². The molecule has 1 aromatic heterocycles. The van der Waals surface area contributed by atoms with Gasteiger partial charge in [0, 0.05) is 31.2 Å². The number of piperidine rings is 1. The van der Waals surface area contributed by atoms with E-state index in [1.54, 1.807) is 23.1 Å². The first-order chi connectivity index (χ1) is 12.9. The smallest absolute Gasteiger partial charge is 0.250 e. The van der Waals surface area contributed by atoms with Gasteiger partial charge in [-0.3, -0.25) is 14.3 Å². The van der Waals surface area contributed by atoms with Gasteiger partial charge in [-0.25, -0.2) is 8.78 Å². The quantitative estimate of drug-likeness (QED) is 0.824. The van der Waals surface area contributed by atoms with E-state index in [0.29, 0.717) is 25.9 Å². The van der Waals surface area contributed by atoms with Gasteiger partial charge in [-0.2, -0.15) is 5.10 Å². The van der Waals surface area contributed by atoms with Gasteiger partial charge in [0.25, 0.3) is 5.91 Å². The van der Waals surface area contributed by atoms with Crippen LogP contribution in [0.3, 0.4) is 0 Å². The van der Waals surface area contributed by atoms with Crippen LogP contribution in [0.25, 0.3) is 0 Å². The zero-order valence-corrected chi connectivity index (χ0v) is 14.9. The monoisotopic (exact) mass is 377 g/mol. The van der Waals surface area contributed by atoms with Crippen molar-refractivity contribution in [3.05, 3.63) is 48.3 Å². The van der Waals surface area contributed by atoms with E-state index < -0.39 is 23.1 Å². The van der Waals surface area contributed by atoms with E-state index in [9.17, 15) is 18.4 Å². The number of hydrogen-bond donors (Lipinski definition) is 2. The summed E-state index contributed by atoms with van der Waals surface area (Å²) in [6, 6.07) is 4.50. The molecule has 1 aromatic carbocycles. The molecule has 2 aromatic rings. The molecule has 0 radical (unpaired) electrons. The van der Waals surface area contributed by atoms with Crippen LogP contribution in [0.4, 0.5) is 14.5 Å². The van der Waals surface area contributed by atoms with Crippen molar-refractivity contribution in [2.24, 2.45) is 0 Å². The largest absolute Gasteiger partial charge is 0.334 e. The Hall–Kier alpha value is -2.81. The summed E-state index contributed by atoms with van der Waals surface area (Å²) in [6.45, 7) is 1.08. The fourth-order valence-corrected chi connectivity index (χ4v) is 3.37. The molecule has 1 aliphatic rings. The van der Waals surface area contributed by atoms with Crippen molar-refractivity contribution in [2.45, 2.75) is 18.4 Å². The average molecular weight is 377 g/mol. The minimum atomic E-state index is -0.852. The SMILES string of the molecule is CN(CC(=O)Nc1cc(F)cc(F)c1)C(=O)C1(n2cccn2)CCNCC1. The lowest BCUT2D eigenvalue weighted by atomic mass is 9.87. The first-order valence-electron chi connectivity index (χ1n) is 8.63. The molecule has 9 heteroatoms. The number of aromatic nitrogens is 2. The van der Waals surface area contributed by atoms with Gasteiger partial charge in [-0.15, -0.1) is 0 Å². The van der Waals surface area contributed by atoms with Crippen molar-refractivity contribution in [1.82, 2.24) is 20.0 Å². The lowest BCUT2D eigenvalue weighted by Crippen LogP contribution is -2.55. The molecule has 0 bridgehead atoms. The highest BCUT2D eigenvalue weighted by atomic mass is 19.1. The maximum atomic E-state index is 13.2. The van der Waals surface area contributed by atoms with Gasteiger partial charge in [-0.1, -0.05) is 0 Å². The van der Waals surface area contributed by atoms with Crippen LogP contribution in [-0.4, -0.2) is 53.2 Å². The molecule has 2 heterocycles. The number of carbonyl (C=O) groups is 2. The minimum Gasteiger partial charge on any atom is -0.334 e. The number of likely N-dealkylation sites (N-methyl/N-ethyl adjacent to an activating group) is 1. The van der Waals surface area contributed by atoms with Crippen LogP contribution in [0, 0.1) is 11.6 Å². The molecule has 3 rings (SSSR count). The highest BCUT2D eigenvalue weighted by molar-refractivity contribution is 5.95. The van der Waals surface area contributed by atoms with Crippen molar-refractivity contribution in [1.29, 1.82) is 0 Å². The number of amides is 2. The van der Waals surface area contributed by atoms with E-state index in [2.05, 4.69) is 15.7 Å². The number of nitrogens with zero attached hydrogens (tertiary/aromatic N) is 3. The second-order valence-electron chi connectivity index (χ2n) is 6.60. The van der Waals surface area contributed by atoms with Crippen molar-refractivity contribution in [3.63, 3.8) is 0 Å². The molecule has 2 N–H and O–H groups in total. The van der Waals surface area contributed by atoms with Crippen LogP contribution in [0.5, 0.6) is 0 Å². The highest BCUT2D eigenvalue weighted by Crippen LogP contribution is 2.29. The van der Waals surface area contributed by atoms with Crippen LogP contribution < -0.4 is 10.6 Å². The van der Waals surface area contributed by atoms with Gasteiger partial charge < -0.3 is 15.5 Å². The highest BCUT2D eigenvalue weighted by Gasteiger charge is 2.43. The Morgan fingerprint density at radius 3 is 2.52 bits per heavy atom. The Balaban J connectivity index is 1.71. The molecule has 0 unspecified atom stereocenters. The number of halogens is 2. The Bertz CT molecular complexity index is 799. The van der Waals surface area contributed by atoms with Crippen molar-refractivity contribution < 1.29 is 18.4 Å². The van der Waals surface area contributed by atoms with Crippen LogP contribution >= 0.6 is 0 Å². The van der Waals surface area contributed by atoms with Gasteiger partial charge in [0.1, 0.15) is 17.2 Å². The molecule has 0 atom stereocenters.